The molecule has 0 heterocycles. The zero-order valence-corrected chi connectivity index (χ0v) is 5.66. The van der Waals surface area contributed by atoms with Crippen LogP contribution in [0, 0.1) is 0 Å². The van der Waals surface area contributed by atoms with Gasteiger partial charge in [-0.25, -0.2) is 0 Å². The average molecular weight is 134 g/mol. The first-order valence-electron chi connectivity index (χ1n) is 2.82. The quantitative estimate of drug-likeness (QED) is 0.498. The van der Waals surface area contributed by atoms with Gasteiger partial charge in [-0.2, -0.15) is 0 Å². The van der Waals surface area contributed by atoms with Gasteiger partial charge in [0, 0.05) is 6.04 Å². The highest BCUT2D eigenvalue weighted by Crippen LogP contribution is 2.06. The van der Waals surface area contributed by atoms with Crippen LogP contribution in [-0.4, -0.2) is 6.04 Å². The standard InChI is InChI=1S/C6H11N.ClH/c7-6-4-2-1-3-5-6;/h2,4,6H,1,3,5,7H2;1H/t6-;/m1./s1. The molecule has 0 aromatic rings. The smallest absolute Gasteiger partial charge is 0.0223 e. The van der Waals surface area contributed by atoms with Gasteiger partial charge in [0.2, 0.25) is 0 Å². The van der Waals surface area contributed by atoms with Gasteiger partial charge in [0.15, 0.2) is 0 Å². The molecule has 0 spiro atoms. The van der Waals surface area contributed by atoms with Crippen molar-refractivity contribution in [2.75, 3.05) is 0 Å². The topological polar surface area (TPSA) is 26.0 Å². The fourth-order valence-electron chi connectivity index (χ4n) is 0.839. The van der Waals surface area contributed by atoms with Crippen molar-refractivity contribution in [3.63, 3.8) is 0 Å². The lowest BCUT2D eigenvalue weighted by Crippen LogP contribution is -2.17. The maximum Gasteiger partial charge on any atom is 0.0223 e. The summed E-state index contributed by atoms with van der Waals surface area (Å²) in [6.07, 6.45) is 7.93. The Labute approximate surface area is 56.4 Å². The van der Waals surface area contributed by atoms with Crippen LogP contribution in [0.5, 0.6) is 0 Å². The monoisotopic (exact) mass is 133 g/mol. The molecule has 0 saturated carbocycles. The Balaban J connectivity index is 0.000000490. The third-order valence-corrected chi connectivity index (χ3v) is 1.29. The highest BCUT2D eigenvalue weighted by molar-refractivity contribution is 5.85. The van der Waals surface area contributed by atoms with E-state index in [1.54, 1.807) is 0 Å². The Morgan fingerprint density at radius 3 is 2.50 bits per heavy atom. The molecule has 0 unspecified atom stereocenters. The highest BCUT2D eigenvalue weighted by Gasteiger charge is 1.99. The minimum absolute atomic E-state index is 0. The van der Waals surface area contributed by atoms with Gasteiger partial charge in [-0.05, 0) is 19.3 Å². The van der Waals surface area contributed by atoms with Crippen LogP contribution < -0.4 is 5.73 Å². The maximum absolute atomic E-state index is 5.55. The summed E-state index contributed by atoms with van der Waals surface area (Å²) in [4.78, 5) is 0. The molecule has 0 aromatic carbocycles. The highest BCUT2D eigenvalue weighted by atomic mass is 35.5. The molecule has 8 heavy (non-hydrogen) atoms. The molecule has 1 nitrogen and oxygen atoms in total. The predicted molar refractivity (Wildman–Crippen MR) is 38.2 cm³/mol. The van der Waals surface area contributed by atoms with E-state index in [2.05, 4.69) is 12.2 Å². The molecule has 0 radical (unpaired) electrons. The molecule has 1 atom stereocenters. The van der Waals surface area contributed by atoms with Gasteiger partial charge in [0.05, 0.1) is 0 Å². The summed E-state index contributed by atoms with van der Waals surface area (Å²) in [5.41, 5.74) is 5.55. The molecule has 0 saturated heterocycles. The number of hydrogen-bond acceptors (Lipinski definition) is 1. The first-order valence-corrected chi connectivity index (χ1v) is 2.82. The zero-order valence-electron chi connectivity index (χ0n) is 4.84. The van der Waals surface area contributed by atoms with E-state index in [4.69, 9.17) is 5.73 Å². The number of hydrogen-bond donors (Lipinski definition) is 1. The van der Waals surface area contributed by atoms with Crippen molar-refractivity contribution in [3.05, 3.63) is 12.2 Å². The molecular weight excluding hydrogens is 122 g/mol. The molecule has 0 fully saturated rings. The van der Waals surface area contributed by atoms with Crippen molar-refractivity contribution in [2.24, 2.45) is 5.73 Å². The minimum Gasteiger partial charge on any atom is -0.324 e. The Hall–Kier alpha value is -0.0100. The van der Waals surface area contributed by atoms with E-state index in [1.807, 2.05) is 0 Å². The molecule has 0 amide bonds. The van der Waals surface area contributed by atoms with Crippen molar-refractivity contribution in [1.29, 1.82) is 0 Å². The van der Waals surface area contributed by atoms with Crippen LogP contribution in [0.25, 0.3) is 0 Å². The van der Waals surface area contributed by atoms with Gasteiger partial charge < -0.3 is 5.73 Å². The summed E-state index contributed by atoms with van der Waals surface area (Å²) < 4.78 is 0. The third kappa shape index (κ3) is 2.34. The molecule has 48 valence electrons. The predicted octanol–water partition coefficient (Wildman–Crippen LogP) is 1.48. The van der Waals surface area contributed by atoms with E-state index in [0.29, 0.717) is 6.04 Å². The van der Waals surface area contributed by atoms with E-state index in [1.165, 1.54) is 19.3 Å². The van der Waals surface area contributed by atoms with Crippen molar-refractivity contribution in [3.8, 4) is 0 Å². The van der Waals surface area contributed by atoms with Gasteiger partial charge >= 0.3 is 0 Å². The Morgan fingerprint density at radius 1 is 1.50 bits per heavy atom. The summed E-state index contributed by atoms with van der Waals surface area (Å²) in [5, 5.41) is 0. The van der Waals surface area contributed by atoms with Crippen LogP contribution in [0.1, 0.15) is 19.3 Å². The summed E-state index contributed by atoms with van der Waals surface area (Å²) >= 11 is 0. The molecule has 1 rings (SSSR count). The second-order valence-corrected chi connectivity index (χ2v) is 2.02. The zero-order chi connectivity index (χ0) is 5.11. The summed E-state index contributed by atoms with van der Waals surface area (Å²) in [7, 11) is 0. The van der Waals surface area contributed by atoms with Gasteiger partial charge in [-0.15, -0.1) is 12.4 Å². The minimum atomic E-state index is 0. The number of nitrogens with two attached hydrogens (primary N) is 1. The summed E-state index contributed by atoms with van der Waals surface area (Å²) in [6, 6.07) is 0.355. The fourth-order valence-corrected chi connectivity index (χ4v) is 0.839. The van der Waals surface area contributed by atoms with Crippen molar-refractivity contribution in [2.45, 2.75) is 25.3 Å². The molecule has 0 aliphatic heterocycles. The largest absolute Gasteiger partial charge is 0.324 e. The maximum atomic E-state index is 5.55. The van der Waals surface area contributed by atoms with Crippen molar-refractivity contribution >= 4 is 12.4 Å². The summed E-state index contributed by atoms with van der Waals surface area (Å²) in [6.45, 7) is 0. The van der Waals surface area contributed by atoms with Crippen LogP contribution >= 0.6 is 12.4 Å². The number of rotatable bonds is 0. The van der Waals surface area contributed by atoms with Crippen LogP contribution in [0.2, 0.25) is 0 Å². The lowest BCUT2D eigenvalue weighted by atomic mass is 10.0. The van der Waals surface area contributed by atoms with Gasteiger partial charge in [-0.3, -0.25) is 0 Å². The SMILES string of the molecule is Cl.N[C@@H]1C=CCCC1. The average Bonchev–Trinajstić information content (AvgIpc) is 1.69. The first-order chi connectivity index (χ1) is 3.39. The molecule has 1 aliphatic carbocycles. The van der Waals surface area contributed by atoms with E-state index in [9.17, 15) is 0 Å². The van der Waals surface area contributed by atoms with Crippen LogP contribution in [0.3, 0.4) is 0 Å². The second kappa shape index (κ2) is 3.93. The van der Waals surface area contributed by atoms with E-state index in [0.717, 1.165) is 0 Å². The molecular formula is C6H12ClN. The number of halogens is 1. The Bertz CT molecular complexity index is 80.6. The van der Waals surface area contributed by atoms with Gasteiger partial charge in [-0.1, -0.05) is 12.2 Å². The van der Waals surface area contributed by atoms with Crippen LogP contribution in [0.4, 0.5) is 0 Å². The summed E-state index contributed by atoms with van der Waals surface area (Å²) in [5.74, 6) is 0. The van der Waals surface area contributed by atoms with Crippen molar-refractivity contribution in [1.82, 2.24) is 0 Å². The van der Waals surface area contributed by atoms with Gasteiger partial charge in [0.1, 0.15) is 0 Å². The van der Waals surface area contributed by atoms with E-state index in [-0.39, 0.29) is 12.4 Å². The molecule has 1 aliphatic rings. The van der Waals surface area contributed by atoms with Crippen molar-refractivity contribution < 1.29 is 0 Å². The number of allylic oxidation sites excluding steroid dienone is 1. The molecule has 2 heteroatoms. The second-order valence-electron chi connectivity index (χ2n) is 2.02. The third-order valence-electron chi connectivity index (χ3n) is 1.29. The van der Waals surface area contributed by atoms with E-state index < -0.39 is 0 Å². The van der Waals surface area contributed by atoms with Crippen LogP contribution in [-0.2, 0) is 0 Å². The van der Waals surface area contributed by atoms with E-state index >= 15 is 0 Å². The lowest BCUT2D eigenvalue weighted by Gasteiger charge is -2.08. The van der Waals surface area contributed by atoms with Gasteiger partial charge in [0.25, 0.3) is 0 Å². The Kier molecular flexibility index (Phi) is 3.92. The molecule has 0 bridgehead atoms. The molecule has 2 N–H and O–H groups in total. The van der Waals surface area contributed by atoms with Crippen LogP contribution in [0.15, 0.2) is 12.2 Å². The lowest BCUT2D eigenvalue weighted by molar-refractivity contribution is 0.645. The molecule has 0 aromatic heterocycles. The fraction of sp³-hybridized carbons (Fsp3) is 0.667. The normalized spacial score (nSPS) is 26.9. The Morgan fingerprint density at radius 2 is 2.25 bits per heavy atom. The first kappa shape index (κ1) is 7.99.